The van der Waals surface area contributed by atoms with E-state index in [0.29, 0.717) is 18.1 Å². The summed E-state index contributed by atoms with van der Waals surface area (Å²) >= 11 is 0. The zero-order valence-corrected chi connectivity index (χ0v) is 7.52. The molecule has 2 N–H and O–H groups in total. The van der Waals surface area contributed by atoms with E-state index in [1.54, 1.807) is 29.2 Å². The van der Waals surface area contributed by atoms with Crippen LogP contribution in [0.3, 0.4) is 0 Å². The van der Waals surface area contributed by atoms with Crippen molar-refractivity contribution in [3.8, 4) is 0 Å². The Morgan fingerprint density at radius 3 is 2.79 bits per heavy atom. The normalized spacial score (nSPS) is 15.5. The number of nitrogens with two attached hydrogens (primary N) is 1. The second-order valence-electron chi connectivity index (χ2n) is 2.98. The molecule has 2 rings (SSSR count). The van der Waals surface area contributed by atoms with E-state index in [1.807, 2.05) is 0 Å². The number of hydrogen-bond donors (Lipinski definition) is 1. The lowest BCUT2D eigenvalue weighted by atomic mass is 10.2. The number of para-hydroxylation sites is 1. The monoisotopic (exact) mass is 191 g/mol. The Kier molecular flexibility index (Phi) is 2.18. The van der Waals surface area contributed by atoms with Gasteiger partial charge < -0.3 is 10.6 Å². The van der Waals surface area contributed by atoms with Gasteiger partial charge in [-0.2, -0.15) is 0 Å². The lowest BCUT2D eigenvalue weighted by Gasteiger charge is -2.20. The lowest BCUT2D eigenvalue weighted by Crippen LogP contribution is -2.26. The molecular weight excluding hydrogens is 181 g/mol. The predicted molar refractivity (Wildman–Crippen MR) is 54.5 cm³/mol. The summed E-state index contributed by atoms with van der Waals surface area (Å²) in [6.07, 6.45) is 3.28. The van der Waals surface area contributed by atoms with Gasteiger partial charge in [0.2, 0.25) is 0 Å². The average Bonchev–Trinajstić information content (AvgIpc) is 2.20. The van der Waals surface area contributed by atoms with E-state index in [9.17, 15) is 4.39 Å². The van der Waals surface area contributed by atoms with Crippen LogP contribution in [0.2, 0.25) is 0 Å². The molecule has 0 saturated carbocycles. The Morgan fingerprint density at radius 2 is 2.14 bits per heavy atom. The third kappa shape index (κ3) is 1.59. The highest BCUT2D eigenvalue weighted by Crippen LogP contribution is 2.18. The number of hydrogen-bond acceptors (Lipinski definition) is 3. The molecule has 1 aliphatic heterocycles. The third-order valence-corrected chi connectivity index (χ3v) is 2.01. The van der Waals surface area contributed by atoms with E-state index in [1.165, 1.54) is 12.4 Å². The summed E-state index contributed by atoms with van der Waals surface area (Å²) in [6, 6.07) is 6.57. The largest absolute Gasteiger partial charge is 0.384 e. The van der Waals surface area contributed by atoms with Gasteiger partial charge in [-0.25, -0.2) is 9.38 Å². The van der Waals surface area contributed by atoms with Crippen molar-refractivity contribution in [2.45, 2.75) is 0 Å². The van der Waals surface area contributed by atoms with Gasteiger partial charge in [0.05, 0.1) is 12.0 Å². The van der Waals surface area contributed by atoms with Gasteiger partial charge in [0.25, 0.3) is 0 Å². The molecule has 14 heavy (non-hydrogen) atoms. The predicted octanol–water partition coefficient (Wildman–Crippen LogP) is 1.47. The molecule has 72 valence electrons. The molecule has 3 nitrogen and oxygen atoms in total. The molecule has 0 radical (unpaired) electrons. The van der Waals surface area contributed by atoms with E-state index < -0.39 is 0 Å². The minimum Gasteiger partial charge on any atom is -0.384 e. The van der Waals surface area contributed by atoms with Crippen LogP contribution in [0.5, 0.6) is 0 Å². The maximum absolute atomic E-state index is 13.3. The Morgan fingerprint density at radius 1 is 1.36 bits per heavy atom. The van der Waals surface area contributed by atoms with E-state index in [0.717, 1.165) is 0 Å². The van der Waals surface area contributed by atoms with Crippen molar-refractivity contribution in [2.24, 2.45) is 10.7 Å². The summed E-state index contributed by atoms with van der Waals surface area (Å²) in [5.41, 5.74) is 5.97. The van der Waals surface area contributed by atoms with Crippen LogP contribution in [-0.4, -0.2) is 12.9 Å². The lowest BCUT2D eigenvalue weighted by molar-refractivity contribution is 0.627. The van der Waals surface area contributed by atoms with Crippen molar-refractivity contribution in [1.82, 2.24) is 0 Å². The van der Waals surface area contributed by atoms with E-state index in [4.69, 9.17) is 5.73 Å². The first-order valence-electron chi connectivity index (χ1n) is 4.28. The number of benzene rings is 1. The maximum atomic E-state index is 13.3. The smallest absolute Gasteiger partial charge is 0.146 e. The van der Waals surface area contributed by atoms with Crippen molar-refractivity contribution < 1.29 is 4.39 Å². The molecule has 1 aliphatic rings. The first-order chi connectivity index (χ1) is 6.77. The van der Waals surface area contributed by atoms with Crippen LogP contribution in [0.4, 0.5) is 10.1 Å². The number of anilines is 1. The van der Waals surface area contributed by atoms with Crippen LogP contribution < -0.4 is 10.6 Å². The van der Waals surface area contributed by atoms with Crippen LogP contribution >= 0.6 is 0 Å². The van der Waals surface area contributed by atoms with Gasteiger partial charge in [-0.05, 0) is 18.2 Å². The maximum Gasteiger partial charge on any atom is 0.146 e. The summed E-state index contributed by atoms with van der Waals surface area (Å²) in [4.78, 5) is 5.60. The first-order valence-corrected chi connectivity index (χ1v) is 4.28. The SMILES string of the molecule is NC1=CCN(c2ccccc2F)C=N1. The second-order valence-corrected chi connectivity index (χ2v) is 2.98. The van der Waals surface area contributed by atoms with Gasteiger partial charge in [0, 0.05) is 6.54 Å². The molecule has 0 aliphatic carbocycles. The summed E-state index contributed by atoms with van der Waals surface area (Å²) in [6.45, 7) is 0.552. The van der Waals surface area contributed by atoms with Crippen LogP contribution in [0.15, 0.2) is 41.2 Å². The van der Waals surface area contributed by atoms with Crippen molar-refractivity contribution in [2.75, 3.05) is 11.4 Å². The summed E-state index contributed by atoms with van der Waals surface area (Å²) in [7, 11) is 0. The first kappa shape index (κ1) is 8.74. The minimum absolute atomic E-state index is 0.257. The van der Waals surface area contributed by atoms with E-state index >= 15 is 0 Å². The van der Waals surface area contributed by atoms with Crippen molar-refractivity contribution in [3.63, 3.8) is 0 Å². The van der Waals surface area contributed by atoms with E-state index in [2.05, 4.69) is 4.99 Å². The minimum atomic E-state index is -0.257. The van der Waals surface area contributed by atoms with E-state index in [-0.39, 0.29) is 5.82 Å². The second kappa shape index (κ2) is 3.49. The number of aliphatic imine (C=N–C) groups is 1. The van der Waals surface area contributed by atoms with Gasteiger partial charge in [0.15, 0.2) is 0 Å². The van der Waals surface area contributed by atoms with Crippen LogP contribution in [0, 0.1) is 5.82 Å². The quantitative estimate of drug-likeness (QED) is 0.730. The fraction of sp³-hybridized carbons (Fsp3) is 0.100. The summed E-state index contributed by atoms with van der Waals surface area (Å²) in [5, 5.41) is 0. The molecule has 1 heterocycles. The van der Waals surface area contributed by atoms with Gasteiger partial charge in [0.1, 0.15) is 11.6 Å². The van der Waals surface area contributed by atoms with Crippen LogP contribution in [0.1, 0.15) is 0 Å². The van der Waals surface area contributed by atoms with Crippen LogP contribution in [0.25, 0.3) is 0 Å². The number of halogens is 1. The van der Waals surface area contributed by atoms with Crippen molar-refractivity contribution in [3.05, 3.63) is 42.0 Å². The molecule has 0 spiro atoms. The molecule has 1 aromatic carbocycles. The Balaban J connectivity index is 2.26. The molecule has 0 unspecified atom stereocenters. The Bertz CT molecular complexity index is 398. The van der Waals surface area contributed by atoms with Crippen molar-refractivity contribution >= 4 is 12.0 Å². The third-order valence-electron chi connectivity index (χ3n) is 2.01. The highest BCUT2D eigenvalue weighted by molar-refractivity contribution is 5.81. The average molecular weight is 191 g/mol. The summed E-state index contributed by atoms with van der Waals surface area (Å²) in [5.74, 6) is 0.213. The highest BCUT2D eigenvalue weighted by Gasteiger charge is 2.09. The number of rotatable bonds is 1. The molecule has 0 bridgehead atoms. The summed E-state index contributed by atoms with van der Waals surface area (Å²) < 4.78 is 13.3. The topological polar surface area (TPSA) is 41.6 Å². The zero-order chi connectivity index (χ0) is 9.97. The standard InChI is InChI=1S/C10H10FN3/c11-8-3-1-2-4-9(8)14-6-5-10(12)13-7-14/h1-5,7H,6,12H2. The van der Waals surface area contributed by atoms with Gasteiger partial charge in [-0.15, -0.1) is 0 Å². The Hall–Kier alpha value is -1.84. The highest BCUT2D eigenvalue weighted by atomic mass is 19.1. The molecule has 4 heteroatoms. The zero-order valence-electron chi connectivity index (χ0n) is 7.52. The van der Waals surface area contributed by atoms with Gasteiger partial charge in [-0.1, -0.05) is 12.1 Å². The van der Waals surface area contributed by atoms with Gasteiger partial charge >= 0.3 is 0 Å². The van der Waals surface area contributed by atoms with Crippen LogP contribution in [-0.2, 0) is 0 Å². The molecule has 0 amide bonds. The van der Waals surface area contributed by atoms with Gasteiger partial charge in [-0.3, -0.25) is 0 Å². The molecule has 0 saturated heterocycles. The fourth-order valence-corrected chi connectivity index (χ4v) is 1.27. The number of nitrogens with zero attached hydrogens (tertiary/aromatic N) is 2. The molecular formula is C10H10FN3. The molecule has 0 atom stereocenters. The fourth-order valence-electron chi connectivity index (χ4n) is 1.27. The molecule has 0 aromatic heterocycles. The molecule has 1 aromatic rings. The Labute approximate surface area is 81.4 Å². The van der Waals surface area contributed by atoms with Crippen molar-refractivity contribution in [1.29, 1.82) is 0 Å². The molecule has 0 fully saturated rings.